The number of phenolic OH excluding ortho intramolecular Hbond substituents is 1. The largest absolute Gasteiger partial charge is 0.504 e. The van der Waals surface area contributed by atoms with Gasteiger partial charge in [0.05, 0.1) is 32.5 Å². The van der Waals surface area contributed by atoms with Crippen LogP contribution in [0.3, 0.4) is 0 Å². The van der Waals surface area contributed by atoms with Gasteiger partial charge >= 0.3 is 0 Å². The first kappa shape index (κ1) is 17.2. The van der Waals surface area contributed by atoms with E-state index in [4.69, 9.17) is 14.2 Å². The lowest BCUT2D eigenvalue weighted by molar-refractivity contribution is -0.256. The predicted molar refractivity (Wildman–Crippen MR) is 84.6 cm³/mol. The van der Waals surface area contributed by atoms with Crippen molar-refractivity contribution < 1.29 is 24.1 Å². The fourth-order valence-electron chi connectivity index (χ4n) is 2.17. The summed E-state index contributed by atoms with van der Waals surface area (Å²) in [5.41, 5.74) is 3.13. The number of phenols is 1. The van der Waals surface area contributed by atoms with Gasteiger partial charge in [-0.15, -0.1) is 0 Å². The maximum atomic E-state index is 11.9. The zero-order valence-corrected chi connectivity index (χ0v) is 13.4. The van der Waals surface area contributed by atoms with Gasteiger partial charge in [-0.05, 0) is 44.0 Å². The number of hydrazone groups is 1. The topological polar surface area (TPSA) is 89.4 Å². The first-order valence-corrected chi connectivity index (χ1v) is 7.58. The quantitative estimate of drug-likeness (QED) is 0.615. The van der Waals surface area contributed by atoms with Crippen molar-refractivity contribution in [3.05, 3.63) is 23.8 Å². The highest BCUT2D eigenvalue weighted by molar-refractivity contribution is 5.83. The summed E-state index contributed by atoms with van der Waals surface area (Å²) in [6, 6.07) is 4.82. The number of nitrogens with zero attached hydrogens (tertiary/aromatic N) is 1. The number of aromatic hydroxyl groups is 1. The second kappa shape index (κ2) is 7.94. The van der Waals surface area contributed by atoms with E-state index in [9.17, 15) is 9.90 Å². The van der Waals surface area contributed by atoms with Gasteiger partial charge in [0, 0.05) is 0 Å². The average Bonchev–Trinajstić information content (AvgIpc) is 2.51. The highest BCUT2D eigenvalue weighted by atomic mass is 16.7. The summed E-state index contributed by atoms with van der Waals surface area (Å²) in [7, 11) is 0. The molecule has 1 saturated heterocycles. The normalized spacial score (nSPS) is 17.1. The number of ether oxygens (including phenoxy) is 3. The summed E-state index contributed by atoms with van der Waals surface area (Å²) in [5.74, 6) is -0.750. The molecule has 7 nitrogen and oxygen atoms in total. The molecule has 1 heterocycles. The smallest absolute Gasteiger partial charge is 0.245 e. The van der Waals surface area contributed by atoms with Crippen molar-refractivity contribution in [3.8, 4) is 11.5 Å². The van der Waals surface area contributed by atoms with E-state index in [0.717, 1.165) is 6.42 Å². The van der Waals surface area contributed by atoms with Gasteiger partial charge < -0.3 is 19.3 Å². The number of carbonyl (C=O) groups excluding carboxylic acids is 1. The Kier molecular flexibility index (Phi) is 5.95. The summed E-state index contributed by atoms with van der Waals surface area (Å²) in [5, 5.41) is 13.5. The molecule has 0 aliphatic carbocycles. The average molecular weight is 322 g/mol. The molecule has 0 bridgehead atoms. The number of nitrogens with one attached hydrogen (secondary N) is 1. The van der Waals surface area contributed by atoms with E-state index in [-0.39, 0.29) is 18.1 Å². The Morgan fingerprint density at radius 3 is 2.91 bits per heavy atom. The van der Waals surface area contributed by atoms with E-state index < -0.39 is 5.79 Å². The molecule has 1 amide bonds. The van der Waals surface area contributed by atoms with Crippen LogP contribution in [0.15, 0.2) is 23.3 Å². The number of rotatable bonds is 6. The van der Waals surface area contributed by atoms with Crippen LogP contribution in [0.5, 0.6) is 11.5 Å². The van der Waals surface area contributed by atoms with E-state index in [1.165, 1.54) is 12.3 Å². The number of hydrogen-bond acceptors (Lipinski definition) is 6. The van der Waals surface area contributed by atoms with Crippen molar-refractivity contribution in [2.45, 2.75) is 32.5 Å². The fraction of sp³-hybridized carbons (Fsp3) is 0.500. The Bertz CT molecular complexity index is 568. The Morgan fingerprint density at radius 1 is 1.48 bits per heavy atom. The van der Waals surface area contributed by atoms with Crippen molar-refractivity contribution in [2.75, 3.05) is 19.8 Å². The van der Waals surface area contributed by atoms with Crippen molar-refractivity contribution in [1.82, 2.24) is 5.43 Å². The van der Waals surface area contributed by atoms with E-state index in [1.54, 1.807) is 19.1 Å². The standard InChI is InChI=1S/C16H22N2O5/c1-3-21-14-9-12(5-6-13(14)19)11-17-18-15(20)10-16(2)22-7-4-8-23-16/h5-6,9,11,19H,3-4,7-8,10H2,1-2H3,(H,18,20). The zero-order chi connectivity index (χ0) is 16.7. The zero-order valence-electron chi connectivity index (χ0n) is 13.4. The minimum Gasteiger partial charge on any atom is -0.504 e. The van der Waals surface area contributed by atoms with Crippen molar-refractivity contribution >= 4 is 12.1 Å². The van der Waals surface area contributed by atoms with Crippen LogP contribution in [0.1, 0.15) is 32.3 Å². The van der Waals surface area contributed by atoms with Gasteiger partial charge in [0.1, 0.15) is 0 Å². The Balaban J connectivity index is 1.88. The Hall–Kier alpha value is -2.12. The minimum atomic E-state index is -0.890. The molecule has 1 aromatic rings. The van der Waals surface area contributed by atoms with Crippen LogP contribution >= 0.6 is 0 Å². The van der Waals surface area contributed by atoms with Gasteiger partial charge in [-0.2, -0.15) is 5.10 Å². The van der Waals surface area contributed by atoms with Crippen LogP contribution in [-0.2, 0) is 14.3 Å². The van der Waals surface area contributed by atoms with Gasteiger partial charge in [-0.1, -0.05) is 0 Å². The van der Waals surface area contributed by atoms with Crippen molar-refractivity contribution in [1.29, 1.82) is 0 Å². The van der Waals surface area contributed by atoms with Crippen LogP contribution in [0.25, 0.3) is 0 Å². The Labute approximate surface area is 135 Å². The summed E-state index contributed by atoms with van der Waals surface area (Å²) in [4.78, 5) is 11.9. The number of hydrogen-bond donors (Lipinski definition) is 2. The van der Waals surface area contributed by atoms with Gasteiger partial charge in [0.15, 0.2) is 17.3 Å². The van der Waals surface area contributed by atoms with Crippen molar-refractivity contribution in [3.63, 3.8) is 0 Å². The Morgan fingerprint density at radius 2 is 2.22 bits per heavy atom. The van der Waals surface area contributed by atoms with E-state index in [0.29, 0.717) is 31.1 Å². The third kappa shape index (κ3) is 5.22. The molecule has 0 unspecified atom stereocenters. The molecular formula is C16H22N2O5. The molecule has 23 heavy (non-hydrogen) atoms. The molecule has 0 atom stereocenters. The summed E-state index contributed by atoms with van der Waals surface area (Å²) in [6.07, 6.45) is 2.38. The van der Waals surface area contributed by atoms with Crippen LogP contribution in [-0.4, -0.2) is 42.8 Å². The van der Waals surface area contributed by atoms with Crippen LogP contribution in [0, 0.1) is 0 Å². The number of benzene rings is 1. The summed E-state index contributed by atoms with van der Waals surface area (Å²) >= 11 is 0. The lowest BCUT2D eigenvalue weighted by Crippen LogP contribution is -2.41. The summed E-state index contributed by atoms with van der Waals surface area (Å²) in [6.45, 7) is 5.19. The maximum absolute atomic E-state index is 11.9. The highest BCUT2D eigenvalue weighted by Crippen LogP contribution is 2.26. The third-order valence-corrected chi connectivity index (χ3v) is 3.27. The van der Waals surface area contributed by atoms with E-state index in [2.05, 4.69) is 10.5 Å². The van der Waals surface area contributed by atoms with Gasteiger partial charge in [-0.25, -0.2) is 5.43 Å². The molecule has 0 aromatic heterocycles. The molecule has 1 fully saturated rings. The highest BCUT2D eigenvalue weighted by Gasteiger charge is 2.31. The molecule has 0 radical (unpaired) electrons. The maximum Gasteiger partial charge on any atom is 0.245 e. The molecule has 1 aromatic carbocycles. The predicted octanol–water partition coefficient (Wildman–Crippen LogP) is 1.78. The summed E-state index contributed by atoms with van der Waals surface area (Å²) < 4.78 is 16.2. The van der Waals surface area contributed by atoms with Crippen LogP contribution in [0.2, 0.25) is 0 Å². The van der Waals surface area contributed by atoms with Crippen molar-refractivity contribution in [2.24, 2.45) is 5.10 Å². The molecular weight excluding hydrogens is 300 g/mol. The molecule has 1 aliphatic heterocycles. The number of carbonyl (C=O) groups is 1. The second-order valence-corrected chi connectivity index (χ2v) is 5.31. The third-order valence-electron chi connectivity index (χ3n) is 3.27. The SMILES string of the molecule is CCOc1cc(C=NNC(=O)CC2(C)OCCCO2)ccc1O. The van der Waals surface area contributed by atoms with Crippen LogP contribution < -0.4 is 10.2 Å². The molecule has 2 rings (SSSR count). The molecule has 126 valence electrons. The fourth-order valence-corrected chi connectivity index (χ4v) is 2.17. The first-order chi connectivity index (χ1) is 11.0. The first-order valence-electron chi connectivity index (χ1n) is 7.58. The number of amides is 1. The minimum absolute atomic E-state index is 0.0626. The molecule has 0 saturated carbocycles. The molecule has 2 N–H and O–H groups in total. The monoisotopic (exact) mass is 322 g/mol. The lowest BCUT2D eigenvalue weighted by atomic mass is 10.2. The van der Waals surface area contributed by atoms with E-state index in [1.807, 2.05) is 6.92 Å². The van der Waals surface area contributed by atoms with Crippen LogP contribution in [0.4, 0.5) is 0 Å². The molecule has 0 spiro atoms. The van der Waals surface area contributed by atoms with Gasteiger partial charge in [0.2, 0.25) is 5.91 Å². The second-order valence-electron chi connectivity index (χ2n) is 5.31. The molecule has 7 heteroatoms. The van der Waals surface area contributed by atoms with E-state index >= 15 is 0 Å². The van der Waals surface area contributed by atoms with Gasteiger partial charge in [-0.3, -0.25) is 4.79 Å². The molecule has 1 aliphatic rings. The van der Waals surface area contributed by atoms with Gasteiger partial charge in [0.25, 0.3) is 0 Å². The lowest BCUT2D eigenvalue weighted by Gasteiger charge is -2.33.